The predicted molar refractivity (Wildman–Crippen MR) is 114 cm³/mol. The third-order valence-corrected chi connectivity index (χ3v) is 4.48. The summed E-state index contributed by atoms with van der Waals surface area (Å²) in [6, 6.07) is 15.3. The molecule has 3 amide bonds. The molecule has 7 nitrogen and oxygen atoms in total. The van der Waals surface area contributed by atoms with Crippen molar-refractivity contribution in [3.8, 4) is 0 Å². The van der Waals surface area contributed by atoms with Crippen LogP contribution in [0.4, 0.5) is 5.69 Å². The highest BCUT2D eigenvalue weighted by molar-refractivity contribution is 5.99. The number of carbonyl (C=O) groups excluding carboxylic acids is 3. The first-order valence-electron chi connectivity index (χ1n) is 9.77. The lowest BCUT2D eigenvalue weighted by molar-refractivity contribution is -0.115. The third kappa shape index (κ3) is 7.38. The fourth-order valence-electron chi connectivity index (χ4n) is 2.73. The fourth-order valence-corrected chi connectivity index (χ4v) is 2.73. The Balaban J connectivity index is 1.77. The zero-order valence-corrected chi connectivity index (χ0v) is 16.9. The number of anilines is 1. The molecule has 0 aliphatic heterocycles. The number of likely N-dealkylation sites (N-methyl/N-ethyl adjacent to an activating group) is 1. The van der Waals surface area contributed by atoms with Crippen molar-refractivity contribution in [2.24, 2.45) is 0 Å². The van der Waals surface area contributed by atoms with Crippen molar-refractivity contribution >= 4 is 23.4 Å². The molecule has 0 unspecified atom stereocenters. The number of rotatable bonds is 10. The molecule has 7 heteroatoms. The van der Waals surface area contributed by atoms with E-state index in [9.17, 15) is 14.4 Å². The molecule has 0 aliphatic carbocycles. The summed E-state index contributed by atoms with van der Waals surface area (Å²) in [5.74, 6) is -0.798. The lowest BCUT2D eigenvalue weighted by Crippen LogP contribution is -2.34. The molecule has 0 saturated heterocycles. The molecule has 0 radical (unpaired) electrons. The SMILES string of the molecule is CCN(CC)CCNC(=O)c1ccc(NC(=O)CNC(=O)c2ccccc2)cc1. The molecule has 3 N–H and O–H groups in total. The number of hydrogen-bond acceptors (Lipinski definition) is 4. The van der Waals surface area contributed by atoms with Crippen molar-refractivity contribution < 1.29 is 14.4 Å². The Morgan fingerprint density at radius 2 is 1.38 bits per heavy atom. The maximum Gasteiger partial charge on any atom is 0.251 e. The van der Waals surface area contributed by atoms with E-state index in [2.05, 4.69) is 34.7 Å². The fraction of sp³-hybridized carbons (Fsp3) is 0.318. The van der Waals surface area contributed by atoms with Crippen LogP contribution in [0, 0.1) is 0 Å². The molecule has 2 aromatic carbocycles. The van der Waals surface area contributed by atoms with Gasteiger partial charge in [0.25, 0.3) is 11.8 Å². The van der Waals surface area contributed by atoms with Gasteiger partial charge in [0.05, 0.1) is 6.54 Å². The van der Waals surface area contributed by atoms with Gasteiger partial charge in [-0.1, -0.05) is 32.0 Å². The van der Waals surface area contributed by atoms with Crippen LogP contribution in [-0.2, 0) is 4.79 Å². The summed E-state index contributed by atoms with van der Waals surface area (Å²) >= 11 is 0. The molecule has 0 heterocycles. The van der Waals surface area contributed by atoms with Crippen LogP contribution in [0.3, 0.4) is 0 Å². The van der Waals surface area contributed by atoms with Crippen LogP contribution in [0.15, 0.2) is 54.6 Å². The normalized spacial score (nSPS) is 10.4. The third-order valence-electron chi connectivity index (χ3n) is 4.48. The van der Waals surface area contributed by atoms with Gasteiger partial charge >= 0.3 is 0 Å². The Kier molecular flexibility index (Phi) is 8.85. The van der Waals surface area contributed by atoms with Crippen LogP contribution >= 0.6 is 0 Å². The van der Waals surface area contributed by atoms with E-state index in [4.69, 9.17) is 0 Å². The summed E-state index contributed by atoms with van der Waals surface area (Å²) in [6.07, 6.45) is 0. The quantitative estimate of drug-likeness (QED) is 0.574. The maximum atomic E-state index is 12.2. The van der Waals surface area contributed by atoms with Crippen LogP contribution < -0.4 is 16.0 Å². The molecule has 29 heavy (non-hydrogen) atoms. The maximum absolute atomic E-state index is 12.2. The summed E-state index contributed by atoms with van der Waals surface area (Å²) in [5, 5.41) is 8.16. The minimum absolute atomic E-state index is 0.138. The summed E-state index contributed by atoms with van der Waals surface area (Å²) in [7, 11) is 0. The molecule has 154 valence electrons. The smallest absolute Gasteiger partial charge is 0.251 e. The summed E-state index contributed by atoms with van der Waals surface area (Å²) in [6.45, 7) is 7.33. The summed E-state index contributed by atoms with van der Waals surface area (Å²) in [4.78, 5) is 38.4. The van der Waals surface area contributed by atoms with Crippen molar-refractivity contribution in [2.45, 2.75) is 13.8 Å². The number of nitrogens with one attached hydrogen (secondary N) is 3. The lowest BCUT2D eigenvalue weighted by atomic mass is 10.2. The number of carbonyl (C=O) groups is 3. The van der Waals surface area contributed by atoms with Crippen LogP contribution in [0.1, 0.15) is 34.6 Å². The summed E-state index contributed by atoms with van der Waals surface area (Å²) < 4.78 is 0. The Morgan fingerprint density at radius 3 is 2.00 bits per heavy atom. The highest BCUT2D eigenvalue weighted by Gasteiger charge is 2.09. The number of benzene rings is 2. The Morgan fingerprint density at radius 1 is 0.793 bits per heavy atom. The average Bonchev–Trinajstić information content (AvgIpc) is 2.76. The van der Waals surface area contributed by atoms with Crippen LogP contribution in [0.2, 0.25) is 0 Å². The lowest BCUT2D eigenvalue weighted by Gasteiger charge is -2.18. The van der Waals surface area contributed by atoms with Crippen molar-refractivity contribution in [3.63, 3.8) is 0 Å². The number of hydrogen-bond donors (Lipinski definition) is 3. The summed E-state index contributed by atoms with van der Waals surface area (Å²) in [5.41, 5.74) is 1.58. The van der Waals surface area contributed by atoms with E-state index < -0.39 is 0 Å². The van der Waals surface area contributed by atoms with E-state index in [0.717, 1.165) is 19.6 Å². The predicted octanol–water partition coefficient (Wildman–Crippen LogP) is 2.13. The zero-order chi connectivity index (χ0) is 21.1. The minimum atomic E-state index is -0.342. The van der Waals surface area contributed by atoms with Crippen LogP contribution in [0.5, 0.6) is 0 Å². The Hall–Kier alpha value is -3.19. The molecular formula is C22H28N4O3. The molecule has 0 saturated carbocycles. The van der Waals surface area contributed by atoms with Gasteiger partial charge in [-0.3, -0.25) is 14.4 Å². The molecule has 0 fully saturated rings. The van der Waals surface area contributed by atoms with Crippen LogP contribution in [0.25, 0.3) is 0 Å². The van der Waals surface area contributed by atoms with E-state index in [1.54, 1.807) is 48.5 Å². The second-order valence-corrected chi connectivity index (χ2v) is 6.46. The monoisotopic (exact) mass is 396 g/mol. The molecule has 0 spiro atoms. The zero-order valence-electron chi connectivity index (χ0n) is 16.9. The molecular weight excluding hydrogens is 368 g/mol. The van der Waals surface area contributed by atoms with Crippen LogP contribution in [-0.4, -0.2) is 55.3 Å². The Labute approximate surface area is 171 Å². The van der Waals surface area contributed by atoms with Gasteiger partial charge in [-0.15, -0.1) is 0 Å². The molecule has 2 rings (SSSR count). The second kappa shape index (κ2) is 11.6. The topological polar surface area (TPSA) is 90.5 Å². The largest absolute Gasteiger partial charge is 0.351 e. The van der Waals surface area contributed by atoms with Crippen molar-refractivity contribution in [2.75, 3.05) is 38.0 Å². The highest BCUT2D eigenvalue weighted by Crippen LogP contribution is 2.09. The van der Waals surface area contributed by atoms with Gasteiger partial charge in [0.1, 0.15) is 0 Å². The molecule has 0 atom stereocenters. The van der Waals surface area contributed by atoms with Gasteiger partial charge in [-0.05, 0) is 49.5 Å². The van der Waals surface area contributed by atoms with E-state index >= 15 is 0 Å². The first-order chi connectivity index (χ1) is 14.0. The van der Waals surface area contributed by atoms with E-state index in [-0.39, 0.29) is 24.3 Å². The van der Waals surface area contributed by atoms with Gasteiger partial charge in [-0.25, -0.2) is 0 Å². The standard InChI is InChI=1S/C22H28N4O3/c1-3-26(4-2)15-14-23-21(28)18-10-12-19(13-11-18)25-20(27)16-24-22(29)17-8-6-5-7-9-17/h5-13H,3-4,14-16H2,1-2H3,(H,23,28)(H,24,29)(H,25,27). The number of nitrogens with zero attached hydrogens (tertiary/aromatic N) is 1. The highest BCUT2D eigenvalue weighted by atomic mass is 16.2. The van der Waals surface area contributed by atoms with Gasteiger partial charge in [-0.2, -0.15) is 0 Å². The molecule has 0 aromatic heterocycles. The first-order valence-corrected chi connectivity index (χ1v) is 9.77. The minimum Gasteiger partial charge on any atom is -0.351 e. The van der Waals surface area contributed by atoms with E-state index in [0.29, 0.717) is 23.4 Å². The van der Waals surface area contributed by atoms with Crippen molar-refractivity contribution in [1.29, 1.82) is 0 Å². The van der Waals surface area contributed by atoms with Crippen molar-refractivity contribution in [3.05, 3.63) is 65.7 Å². The van der Waals surface area contributed by atoms with E-state index in [1.807, 2.05) is 6.07 Å². The van der Waals surface area contributed by atoms with Gasteiger partial charge in [0, 0.05) is 29.9 Å². The second-order valence-electron chi connectivity index (χ2n) is 6.46. The first kappa shape index (κ1) is 22.1. The Bertz CT molecular complexity index is 803. The van der Waals surface area contributed by atoms with Gasteiger partial charge in [0.15, 0.2) is 0 Å². The van der Waals surface area contributed by atoms with Crippen molar-refractivity contribution in [1.82, 2.24) is 15.5 Å². The average molecular weight is 396 g/mol. The number of amides is 3. The molecule has 0 aliphatic rings. The molecule has 2 aromatic rings. The van der Waals surface area contributed by atoms with E-state index in [1.165, 1.54) is 0 Å². The van der Waals surface area contributed by atoms with Gasteiger partial charge in [0.2, 0.25) is 5.91 Å². The molecule has 0 bridgehead atoms. The van der Waals surface area contributed by atoms with Gasteiger partial charge < -0.3 is 20.9 Å².